The Kier molecular flexibility index (Phi) is 2.46. The van der Waals surface area contributed by atoms with Crippen molar-refractivity contribution in [3.8, 4) is 0 Å². The van der Waals surface area contributed by atoms with E-state index in [1.54, 1.807) is 13.8 Å². The molecule has 0 spiro atoms. The molecule has 15 heavy (non-hydrogen) atoms. The Morgan fingerprint density at radius 1 is 1.40 bits per heavy atom. The molecule has 1 amide bonds. The first-order valence-corrected chi connectivity index (χ1v) is 4.85. The molecule has 2 rings (SSSR count). The molecule has 0 radical (unpaired) electrons. The number of carbonyl (C=O) groups excluding carboxylic acids is 1. The highest BCUT2D eigenvalue weighted by Gasteiger charge is 2.56. The third-order valence-electron chi connectivity index (χ3n) is 2.52. The van der Waals surface area contributed by atoms with Gasteiger partial charge in [-0.2, -0.15) is 0 Å². The summed E-state index contributed by atoms with van der Waals surface area (Å²) in [5.41, 5.74) is 0. The number of hydrogen-bond donors (Lipinski definition) is 2. The average Bonchev–Trinajstić information content (AvgIpc) is 2.60. The molecule has 0 aromatic heterocycles. The summed E-state index contributed by atoms with van der Waals surface area (Å²) in [6.07, 6.45) is -3.17. The van der Waals surface area contributed by atoms with Crippen LogP contribution in [0.5, 0.6) is 0 Å². The monoisotopic (exact) mass is 217 g/mol. The van der Waals surface area contributed by atoms with Gasteiger partial charge in [0, 0.05) is 7.05 Å². The third-order valence-corrected chi connectivity index (χ3v) is 2.52. The quantitative estimate of drug-likeness (QED) is 0.587. The van der Waals surface area contributed by atoms with E-state index in [1.165, 1.54) is 7.05 Å². The zero-order chi connectivity index (χ0) is 11.2. The topological polar surface area (TPSA) is 77.0 Å². The summed E-state index contributed by atoms with van der Waals surface area (Å²) in [6.45, 7) is 3.46. The van der Waals surface area contributed by atoms with Crippen LogP contribution in [0.15, 0.2) is 0 Å². The zero-order valence-corrected chi connectivity index (χ0v) is 8.89. The molecule has 2 aliphatic heterocycles. The molecule has 0 aliphatic carbocycles. The van der Waals surface area contributed by atoms with E-state index in [2.05, 4.69) is 5.32 Å². The molecule has 6 nitrogen and oxygen atoms in total. The second-order valence-corrected chi connectivity index (χ2v) is 4.13. The summed E-state index contributed by atoms with van der Waals surface area (Å²) in [5, 5.41) is 12.2. The van der Waals surface area contributed by atoms with Gasteiger partial charge in [0.2, 0.25) is 0 Å². The van der Waals surface area contributed by atoms with Gasteiger partial charge in [-0.15, -0.1) is 0 Å². The summed E-state index contributed by atoms with van der Waals surface area (Å²) in [7, 11) is 1.48. The minimum atomic E-state index is -0.989. The predicted molar refractivity (Wildman–Crippen MR) is 48.8 cm³/mol. The fourth-order valence-electron chi connectivity index (χ4n) is 1.85. The standard InChI is InChI=1S/C9H15NO5/c1-9(2)14-6-4(11)5(7(12)10-3)13-8(6)15-9/h4-6,8,11H,1-3H3,(H,10,12)/t4-,5-,6+,8+/m0/s1. The van der Waals surface area contributed by atoms with Crippen LogP contribution in [-0.2, 0) is 19.0 Å². The van der Waals surface area contributed by atoms with Crippen molar-refractivity contribution >= 4 is 5.91 Å². The molecule has 2 fully saturated rings. The molecule has 0 unspecified atom stereocenters. The lowest BCUT2D eigenvalue weighted by Crippen LogP contribution is -2.43. The van der Waals surface area contributed by atoms with Gasteiger partial charge >= 0.3 is 0 Å². The van der Waals surface area contributed by atoms with Crippen LogP contribution in [-0.4, -0.2) is 48.5 Å². The first-order chi connectivity index (χ1) is 6.94. The molecule has 2 N–H and O–H groups in total. The second kappa shape index (κ2) is 3.41. The Morgan fingerprint density at radius 3 is 2.60 bits per heavy atom. The highest BCUT2D eigenvalue weighted by molar-refractivity contribution is 5.81. The van der Waals surface area contributed by atoms with E-state index in [9.17, 15) is 9.90 Å². The van der Waals surface area contributed by atoms with E-state index < -0.39 is 30.4 Å². The summed E-state index contributed by atoms with van der Waals surface area (Å²) in [4.78, 5) is 11.3. The Hall–Kier alpha value is -0.690. The highest BCUT2D eigenvalue weighted by atomic mass is 16.8. The summed E-state index contributed by atoms with van der Waals surface area (Å²) in [5.74, 6) is -1.15. The highest BCUT2D eigenvalue weighted by Crippen LogP contribution is 2.37. The van der Waals surface area contributed by atoms with Crippen LogP contribution in [0.1, 0.15) is 13.8 Å². The molecule has 4 atom stereocenters. The predicted octanol–water partition coefficient (Wildman–Crippen LogP) is -1.03. The van der Waals surface area contributed by atoms with Gasteiger partial charge < -0.3 is 24.6 Å². The fourth-order valence-corrected chi connectivity index (χ4v) is 1.85. The van der Waals surface area contributed by atoms with Crippen molar-refractivity contribution in [3.63, 3.8) is 0 Å². The Balaban J connectivity index is 2.08. The Labute approximate surface area is 87.5 Å². The number of aliphatic hydroxyl groups is 1. The van der Waals surface area contributed by atoms with E-state index >= 15 is 0 Å². The SMILES string of the molecule is CNC(=O)[C@H]1O[C@@H]2OC(C)(C)O[C@@H]2[C@H]1O. The lowest BCUT2D eigenvalue weighted by molar-refractivity contribution is -0.214. The van der Waals surface area contributed by atoms with Gasteiger partial charge in [-0.25, -0.2) is 0 Å². The maximum absolute atomic E-state index is 11.3. The van der Waals surface area contributed by atoms with Gasteiger partial charge in [0.25, 0.3) is 5.91 Å². The van der Waals surface area contributed by atoms with Gasteiger partial charge in [-0.3, -0.25) is 4.79 Å². The molecular formula is C9H15NO5. The minimum absolute atomic E-state index is 0.373. The molecule has 0 aromatic rings. The fraction of sp³-hybridized carbons (Fsp3) is 0.889. The maximum atomic E-state index is 11.3. The van der Waals surface area contributed by atoms with Gasteiger partial charge in [-0.05, 0) is 13.8 Å². The molecule has 0 bridgehead atoms. The van der Waals surface area contributed by atoms with Crippen LogP contribution in [0.4, 0.5) is 0 Å². The van der Waals surface area contributed by atoms with Gasteiger partial charge in [0.1, 0.15) is 12.2 Å². The van der Waals surface area contributed by atoms with Crippen molar-refractivity contribution in [1.29, 1.82) is 0 Å². The number of likely N-dealkylation sites (N-methyl/N-ethyl adjacent to an activating group) is 1. The van der Waals surface area contributed by atoms with E-state index in [0.717, 1.165) is 0 Å². The van der Waals surface area contributed by atoms with Crippen molar-refractivity contribution < 1.29 is 24.1 Å². The number of rotatable bonds is 1. The summed E-state index contributed by atoms with van der Waals surface area (Å²) >= 11 is 0. The largest absolute Gasteiger partial charge is 0.387 e. The van der Waals surface area contributed by atoms with E-state index in [4.69, 9.17) is 14.2 Å². The van der Waals surface area contributed by atoms with Crippen LogP contribution in [0.3, 0.4) is 0 Å². The van der Waals surface area contributed by atoms with Crippen LogP contribution in [0, 0.1) is 0 Å². The lowest BCUT2D eigenvalue weighted by Gasteiger charge is -2.22. The molecule has 0 aromatic carbocycles. The minimum Gasteiger partial charge on any atom is -0.387 e. The molecule has 0 saturated carbocycles. The third kappa shape index (κ3) is 1.74. The van der Waals surface area contributed by atoms with Crippen molar-refractivity contribution in [2.45, 2.75) is 44.2 Å². The number of hydrogen-bond acceptors (Lipinski definition) is 5. The van der Waals surface area contributed by atoms with E-state index in [0.29, 0.717) is 0 Å². The summed E-state index contributed by atoms with van der Waals surface area (Å²) in [6, 6.07) is 0. The summed E-state index contributed by atoms with van der Waals surface area (Å²) < 4.78 is 16.1. The molecular weight excluding hydrogens is 202 g/mol. The molecule has 2 heterocycles. The van der Waals surface area contributed by atoms with Crippen LogP contribution in [0.25, 0.3) is 0 Å². The Morgan fingerprint density at radius 2 is 2.07 bits per heavy atom. The number of fused-ring (bicyclic) bond motifs is 1. The smallest absolute Gasteiger partial charge is 0.251 e. The van der Waals surface area contributed by atoms with Gasteiger partial charge in [0.05, 0.1) is 0 Å². The number of ether oxygens (including phenoxy) is 3. The normalized spacial score (nSPS) is 42.7. The molecule has 2 aliphatic rings. The zero-order valence-electron chi connectivity index (χ0n) is 8.89. The first kappa shape index (κ1) is 10.8. The number of nitrogens with one attached hydrogen (secondary N) is 1. The van der Waals surface area contributed by atoms with Crippen molar-refractivity contribution in [2.24, 2.45) is 0 Å². The van der Waals surface area contributed by atoms with Crippen LogP contribution >= 0.6 is 0 Å². The molecule has 6 heteroatoms. The number of carbonyl (C=O) groups is 1. The maximum Gasteiger partial charge on any atom is 0.251 e. The van der Waals surface area contributed by atoms with Gasteiger partial charge in [-0.1, -0.05) is 0 Å². The van der Waals surface area contributed by atoms with Crippen molar-refractivity contribution in [3.05, 3.63) is 0 Å². The van der Waals surface area contributed by atoms with Crippen molar-refractivity contribution in [1.82, 2.24) is 5.32 Å². The number of amides is 1. The molecule has 86 valence electrons. The lowest BCUT2D eigenvalue weighted by atomic mass is 10.1. The van der Waals surface area contributed by atoms with Crippen LogP contribution < -0.4 is 5.32 Å². The van der Waals surface area contributed by atoms with Crippen LogP contribution in [0.2, 0.25) is 0 Å². The Bertz CT molecular complexity index is 280. The van der Waals surface area contributed by atoms with Crippen molar-refractivity contribution in [2.75, 3.05) is 7.05 Å². The second-order valence-electron chi connectivity index (χ2n) is 4.13. The average molecular weight is 217 g/mol. The first-order valence-electron chi connectivity index (χ1n) is 4.85. The van der Waals surface area contributed by atoms with Gasteiger partial charge in [0.15, 0.2) is 18.2 Å². The van der Waals surface area contributed by atoms with E-state index in [-0.39, 0.29) is 5.91 Å². The molecule has 2 saturated heterocycles. The van der Waals surface area contributed by atoms with E-state index in [1.807, 2.05) is 0 Å². The number of aliphatic hydroxyl groups excluding tert-OH is 1.